The van der Waals surface area contributed by atoms with Gasteiger partial charge in [-0.3, -0.25) is 0 Å². The lowest BCUT2D eigenvalue weighted by Crippen LogP contribution is -2.19. The Bertz CT molecular complexity index is 591. The third-order valence-corrected chi connectivity index (χ3v) is 6.67. The van der Waals surface area contributed by atoms with Crippen LogP contribution in [0.1, 0.15) is 23.2 Å². The zero-order chi connectivity index (χ0) is 15.3. The van der Waals surface area contributed by atoms with Crippen molar-refractivity contribution < 1.29 is 23.1 Å². The van der Waals surface area contributed by atoms with E-state index in [0.717, 1.165) is 26.1 Å². The second kappa shape index (κ2) is 7.29. The van der Waals surface area contributed by atoms with Gasteiger partial charge in [-0.2, -0.15) is 11.8 Å². The van der Waals surface area contributed by atoms with Gasteiger partial charge < -0.3 is 9.84 Å². The third kappa shape index (κ3) is 4.72. The quantitative estimate of drug-likeness (QED) is 0.860. The van der Waals surface area contributed by atoms with Gasteiger partial charge >= 0.3 is 5.97 Å². The number of hydrogen-bond donors (Lipinski definition) is 1. The normalized spacial score (nSPS) is 16.8. The van der Waals surface area contributed by atoms with Gasteiger partial charge in [0.2, 0.25) is 0 Å². The molecule has 1 aliphatic rings. The first kappa shape index (κ1) is 16.3. The molecule has 1 N–H and O–H groups in total. The Morgan fingerprint density at radius 3 is 2.71 bits per heavy atom. The smallest absolute Gasteiger partial charge is 0.335 e. The average Bonchev–Trinajstić information content (AvgIpc) is 2.48. The lowest BCUT2D eigenvalue weighted by molar-refractivity contribution is 0.0696. The number of carboxylic acids is 1. The third-order valence-electron chi connectivity index (χ3n) is 3.31. The van der Waals surface area contributed by atoms with Crippen molar-refractivity contribution in [3.63, 3.8) is 0 Å². The van der Waals surface area contributed by atoms with E-state index in [2.05, 4.69) is 0 Å². The first-order chi connectivity index (χ1) is 9.99. The van der Waals surface area contributed by atoms with Gasteiger partial charge in [0.15, 0.2) is 9.84 Å². The molecule has 116 valence electrons. The Morgan fingerprint density at radius 1 is 1.33 bits per heavy atom. The molecule has 21 heavy (non-hydrogen) atoms. The summed E-state index contributed by atoms with van der Waals surface area (Å²) in [4.78, 5) is 11.0. The van der Waals surface area contributed by atoms with E-state index < -0.39 is 15.8 Å². The number of carbonyl (C=O) groups is 1. The average molecular weight is 330 g/mol. The summed E-state index contributed by atoms with van der Waals surface area (Å²) in [5, 5.41) is 9.37. The molecular weight excluding hydrogens is 312 g/mol. The lowest BCUT2D eigenvalue weighted by atomic mass is 10.2. The van der Waals surface area contributed by atoms with Gasteiger partial charge in [0, 0.05) is 24.2 Å². The first-order valence-electron chi connectivity index (χ1n) is 6.74. The van der Waals surface area contributed by atoms with Crippen molar-refractivity contribution in [1.29, 1.82) is 0 Å². The van der Waals surface area contributed by atoms with Gasteiger partial charge in [0.25, 0.3) is 0 Å². The van der Waals surface area contributed by atoms with E-state index >= 15 is 0 Å². The zero-order valence-corrected chi connectivity index (χ0v) is 13.2. The Balaban J connectivity index is 1.94. The summed E-state index contributed by atoms with van der Waals surface area (Å²) in [6.07, 6.45) is 1.92. The molecule has 0 atom stereocenters. The second-order valence-corrected chi connectivity index (χ2v) is 8.35. The molecule has 0 amide bonds. The van der Waals surface area contributed by atoms with Crippen LogP contribution in [0.3, 0.4) is 0 Å². The van der Waals surface area contributed by atoms with Gasteiger partial charge in [0.05, 0.1) is 16.2 Å². The fraction of sp³-hybridized carbons (Fsp3) is 0.500. The topological polar surface area (TPSA) is 80.7 Å². The van der Waals surface area contributed by atoms with Crippen LogP contribution in [0.25, 0.3) is 0 Å². The summed E-state index contributed by atoms with van der Waals surface area (Å²) in [5.41, 5.74) is -0.00634. The Kier molecular flexibility index (Phi) is 5.66. The van der Waals surface area contributed by atoms with Gasteiger partial charge in [0.1, 0.15) is 0 Å². The summed E-state index contributed by atoms with van der Waals surface area (Å²) in [7, 11) is -3.43. The maximum Gasteiger partial charge on any atom is 0.335 e. The van der Waals surface area contributed by atoms with E-state index in [4.69, 9.17) is 9.84 Å². The molecule has 2 rings (SSSR count). The van der Waals surface area contributed by atoms with Crippen molar-refractivity contribution in [3.8, 4) is 0 Å². The van der Waals surface area contributed by atoms with Crippen LogP contribution in [-0.2, 0) is 14.6 Å². The van der Waals surface area contributed by atoms with Crippen LogP contribution >= 0.6 is 11.8 Å². The van der Waals surface area contributed by atoms with E-state index in [1.807, 2.05) is 0 Å². The highest BCUT2D eigenvalue weighted by molar-refractivity contribution is 8.01. The largest absolute Gasteiger partial charge is 0.478 e. The standard InChI is InChI=1S/C14H18O5S2/c15-14(16)11-2-1-3-13(10-11)21(17,18)9-8-20-12-4-6-19-7-5-12/h1-3,10,12H,4-9H2,(H,15,16). The van der Waals surface area contributed by atoms with Crippen LogP contribution in [0.15, 0.2) is 29.2 Å². The van der Waals surface area contributed by atoms with E-state index in [-0.39, 0.29) is 16.2 Å². The summed E-state index contributed by atoms with van der Waals surface area (Å²) in [5.74, 6) is -0.578. The van der Waals surface area contributed by atoms with Gasteiger partial charge in [-0.05, 0) is 31.0 Å². The molecule has 1 saturated heterocycles. The minimum Gasteiger partial charge on any atom is -0.478 e. The molecule has 0 aromatic heterocycles. The maximum atomic E-state index is 12.2. The van der Waals surface area contributed by atoms with Crippen LogP contribution in [0, 0.1) is 0 Å². The molecule has 0 saturated carbocycles. The highest BCUT2D eigenvalue weighted by Crippen LogP contribution is 2.23. The molecular formula is C14H18O5S2. The molecule has 0 aliphatic carbocycles. The molecule has 0 radical (unpaired) electrons. The van der Waals surface area contributed by atoms with Crippen molar-refractivity contribution >= 4 is 27.6 Å². The summed E-state index contributed by atoms with van der Waals surface area (Å²) in [6, 6.07) is 5.51. The van der Waals surface area contributed by atoms with E-state index in [9.17, 15) is 13.2 Å². The van der Waals surface area contributed by atoms with Crippen molar-refractivity contribution in [2.75, 3.05) is 24.7 Å². The molecule has 5 nitrogen and oxygen atoms in total. The van der Waals surface area contributed by atoms with E-state index in [0.29, 0.717) is 11.0 Å². The van der Waals surface area contributed by atoms with E-state index in [1.165, 1.54) is 24.3 Å². The fourth-order valence-corrected chi connectivity index (χ4v) is 5.06. The number of carboxylic acid groups (broad SMARTS) is 1. The number of sulfone groups is 1. The summed E-state index contributed by atoms with van der Waals surface area (Å²) in [6.45, 7) is 1.48. The molecule has 1 heterocycles. The second-order valence-electron chi connectivity index (χ2n) is 4.83. The van der Waals surface area contributed by atoms with Crippen LogP contribution < -0.4 is 0 Å². The minimum absolute atomic E-state index is 0.00634. The summed E-state index contributed by atoms with van der Waals surface area (Å²) < 4.78 is 29.7. The molecule has 1 aliphatic heterocycles. The number of aromatic carboxylic acids is 1. The monoisotopic (exact) mass is 330 g/mol. The maximum absolute atomic E-state index is 12.2. The number of benzene rings is 1. The summed E-state index contributed by atoms with van der Waals surface area (Å²) >= 11 is 1.65. The number of ether oxygens (including phenoxy) is 1. The van der Waals surface area contributed by atoms with Gasteiger partial charge in [-0.15, -0.1) is 0 Å². The van der Waals surface area contributed by atoms with Crippen molar-refractivity contribution in [1.82, 2.24) is 0 Å². The first-order valence-corrected chi connectivity index (χ1v) is 9.44. The Labute approximate surface area is 128 Å². The molecule has 1 fully saturated rings. The van der Waals surface area contributed by atoms with Crippen molar-refractivity contribution in [2.24, 2.45) is 0 Å². The van der Waals surface area contributed by atoms with Crippen LogP contribution in [0.4, 0.5) is 0 Å². The van der Waals surface area contributed by atoms with Gasteiger partial charge in [-0.25, -0.2) is 13.2 Å². The number of rotatable bonds is 6. The highest BCUT2D eigenvalue weighted by Gasteiger charge is 2.19. The van der Waals surface area contributed by atoms with Crippen LogP contribution in [0.2, 0.25) is 0 Å². The Morgan fingerprint density at radius 2 is 2.05 bits per heavy atom. The SMILES string of the molecule is O=C(O)c1cccc(S(=O)(=O)CCSC2CCOCC2)c1. The number of hydrogen-bond acceptors (Lipinski definition) is 5. The Hall–Kier alpha value is -1.05. The van der Waals surface area contributed by atoms with Crippen molar-refractivity contribution in [2.45, 2.75) is 23.0 Å². The lowest BCUT2D eigenvalue weighted by Gasteiger charge is -2.21. The van der Waals surface area contributed by atoms with Gasteiger partial charge in [-0.1, -0.05) is 6.07 Å². The number of thioether (sulfide) groups is 1. The predicted octanol–water partition coefficient (Wildman–Crippen LogP) is 2.07. The molecule has 0 spiro atoms. The highest BCUT2D eigenvalue weighted by atomic mass is 32.2. The molecule has 0 unspecified atom stereocenters. The molecule has 7 heteroatoms. The molecule has 1 aromatic rings. The fourth-order valence-electron chi connectivity index (χ4n) is 2.11. The molecule has 1 aromatic carbocycles. The van der Waals surface area contributed by atoms with Crippen LogP contribution in [-0.4, -0.2) is 49.5 Å². The van der Waals surface area contributed by atoms with E-state index in [1.54, 1.807) is 11.8 Å². The molecule has 0 bridgehead atoms. The minimum atomic E-state index is -3.43. The predicted molar refractivity (Wildman–Crippen MR) is 81.8 cm³/mol. The van der Waals surface area contributed by atoms with Crippen LogP contribution in [0.5, 0.6) is 0 Å². The van der Waals surface area contributed by atoms with Crippen molar-refractivity contribution in [3.05, 3.63) is 29.8 Å². The zero-order valence-electron chi connectivity index (χ0n) is 11.5.